The lowest BCUT2D eigenvalue weighted by atomic mass is 9.98. The first kappa shape index (κ1) is 31.8. The fraction of sp³-hybridized carbons (Fsp3) is 0.826. The monoisotopic (exact) mass is 486 g/mol. The normalized spacial score (nSPS) is 15.6. The van der Waals surface area contributed by atoms with Gasteiger partial charge in [0.05, 0.1) is 6.04 Å². The summed E-state index contributed by atoms with van der Waals surface area (Å²) in [5, 5.41) is 17.4. The molecular formula is C23H46N6O5. The van der Waals surface area contributed by atoms with Gasteiger partial charge in [-0.3, -0.25) is 14.4 Å². The van der Waals surface area contributed by atoms with Crippen LogP contribution in [0.25, 0.3) is 0 Å². The van der Waals surface area contributed by atoms with E-state index in [2.05, 4.69) is 16.0 Å². The number of rotatable bonds is 18. The second kappa shape index (κ2) is 17.2. The van der Waals surface area contributed by atoms with Crippen LogP contribution in [0.1, 0.15) is 72.6 Å². The predicted molar refractivity (Wildman–Crippen MR) is 132 cm³/mol. The van der Waals surface area contributed by atoms with E-state index in [0.717, 1.165) is 6.42 Å². The molecule has 0 aliphatic rings. The fourth-order valence-corrected chi connectivity index (χ4v) is 3.40. The summed E-state index contributed by atoms with van der Waals surface area (Å²) in [7, 11) is 0. The molecule has 0 spiro atoms. The molecule has 198 valence electrons. The molecule has 0 fully saturated rings. The van der Waals surface area contributed by atoms with Gasteiger partial charge in [0.15, 0.2) is 0 Å². The third-order valence-corrected chi connectivity index (χ3v) is 5.91. The number of amides is 3. The van der Waals surface area contributed by atoms with Crippen molar-refractivity contribution in [3.8, 4) is 0 Å². The van der Waals surface area contributed by atoms with Crippen molar-refractivity contribution in [2.75, 3.05) is 13.1 Å². The molecule has 5 atom stereocenters. The van der Waals surface area contributed by atoms with Gasteiger partial charge >= 0.3 is 5.97 Å². The minimum absolute atomic E-state index is 0.264. The maximum Gasteiger partial charge on any atom is 0.326 e. The van der Waals surface area contributed by atoms with E-state index in [0.29, 0.717) is 51.6 Å². The zero-order valence-corrected chi connectivity index (χ0v) is 21.1. The van der Waals surface area contributed by atoms with Crippen molar-refractivity contribution < 1.29 is 24.3 Å². The lowest BCUT2D eigenvalue weighted by molar-refractivity contribution is -0.144. The van der Waals surface area contributed by atoms with Crippen LogP contribution in [-0.2, 0) is 19.2 Å². The Hall–Kier alpha value is -2.24. The largest absolute Gasteiger partial charge is 0.480 e. The molecule has 0 aliphatic heterocycles. The Labute approximate surface area is 203 Å². The molecular weight excluding hydrogens is 440 g/mol. The van der Waals surface area contributed by atoms with Crippen LogP contribution in [0, 0.1) is 11.8 Å². The van der Waals surface area contributed by atoms with Crippen molar-refractivity contribution in [2.24, 2.45) is 29.0 Å². The fourth-order valence-electron chi connectivity index (χ4n) is 3.40. The SMILES string of the molecule is CCC(C)C(NC(=O)C(CCCCN)NC(=O)C(NC(=O)C(N)CCCCN)C(C)C)C(=O)O. The molecule has 0 heterocycles. The maximum absolute atomic E-state index is 13.1. The summed E-state index contributed by atoms with van der Waals surface area (Å²) in [6.07, 6.45) is 3.98. The topological polar surface area (TPSA) is 203 Å². The van der Waals surface area contributed by atoms with E-state index in [9.17, 15) is 24.3 Å². The molecule has 11 nitrogen and oxygen atoms in total. The number of unbranched alkanes of at least 4 members (excludes halogenated alkanes) is 2. The molecule has 5 unspecified atom stereocenters. The first-order valence-corrected chi connectivity index (χ1v) is 12.3. The van der Waals surface area contributed by atoms with Crippen LogP contribution in [0.3, 0.4) is 0 Å². The molecule has 0 aromatic rings. The zero-order valence-electron chi connectivity index (χ0n) is 21.1. The summed E-state index contributed by atoms with van der Waals surface area (Å²) < 4.78 is 0. The van der Waals surface area contributed by atoms with Crippen LogP contribution in [0.15, 0.2) is 0 Å². The number of nitrogens with two attached hydrogens (primary N) is 3. The van der Waals surface area contributed by atoms with E-state index in [1.54, 1.807) is 20.8 Å². The van der Waals surface area contributed by atoms with Gasteiger partial charge in [0.2, 0.25) is 17.7 Å². The van der Waals surface area contributed by atoms with Crippen molar-refractivity contribution in [1.29, 1.82) is 0 Å². The van der Waals surface area contributed by atoms with Crippen molar-refractivity contribution in [1.82, 2.24) is 16.0 Å². The molecule has 0 rings (SSSR count). The molecule has 0 saturated heterocycles. The standard InChI is InChI=1S/C23H46N6O5/c1-5-15(4)19(23(33)34)29-21(31)17(11-7-9-13-25)27-22(32)18(14(2)3)28-20(30)16(26)10-6-8-12-24/h14-19H,5-13,24-26H2,1-4H3,(H,27,32)(H,28,30)(H,29,31)(H,33,34). The number of nitrogens with one attached hydrogen (secondary N) is 3. The van der Waals surface area contributed by atoms with Crippen LogP contribution < -0.4 is 33.2 Å². The predicted octanol–water partition coefficient (Wildman–Crippen LogP) is -0.187. The smallest absolute Gasteiger partial charge is 0.326 e. The van der Waals surface area contributed by atoms with Crippen LogP contribution in [0.4, 0.5) is 0 Å². The Kier molecular flexibility index (Phi) is 16.1. The summed E-state index contributed by atoms with van der Waals surface area (Å²) in [5.74, 6) is -3.24. The van der Waals surface area contributed by atoms with Crippen molar-refractivity contribution in [3.63, 3.8) is 0 Å². The quantitative estimate of drug-likeness (QED) is 0.129. The van der Waals surface area contributed by atoms with Gasteiger partial charge in [0, 0.05) is 0 Å². The average molecular weight is 487 g/mol. The van der Waals surface area contributed by atoms with Crippen LogP contribution in [-0.4, -0.2) is 66.1 Å². The van der Waals surface area contributed by atoms with Crippen molar-refractivity contribution >= 4 is 23.7 Å². The first-order valence-electron chi connectivity index (χ1n) is 12.3. The highest BCUT2D eigenvalue weighted by molar-refractivity contribution is 5.94. The summed E-state index contributed by atoms with van der Waals surface area (Å²) in [4.78, 5) is 50.1. The van der Waals surface area contributed by atoms with Gasteiger partial charge in [-0.15, -0.1) is 0 Å². The van der Waals surface area contributed by atoms with Crippen molar-refractivity contribution in [3.05, 3.63) is 0 Å². The molecule has 11 heteroatoms. The number of hydrogen-bond donors (Lipinski definition) is 7. The Bertz CT molecular complexity index is 645. The summed E-state index contributed by atoms with van der Waals surface area (Å²) >= 11 is 0. The Morgan fingerprint density at radius 1 is 0.765 bits per heavy atom. The highest BCUT2D eigenvalue weighted by atomic mass is 16.4. The Balaban J connectivity index is 5.40. The second-order valence-electron chi connectivity index (χ2n) is 9.18. The van der Waals surface area contributed by atoms with Gasteiger partial charge in [-0.1, -0.05) is 40.5 Å². The molecule has 0 radical (unpaired) electrons. The van der Waals surface area contributed by atoms with E-state index in [1.165, 1.54) is 0 Å². The van der Waals surface area contributed by atoms with E-state index in [-0.39, 0.29) is 11.8 Å². The van der Waals surface area contributed by atoms with E-state index in [1.807, 2.05) is 6.92 Å². The molecule has 3 amide bonds. The van der Waals surface area contributed by atoms with Gasteiger partial charge in [-0.25, -0.2) is 4.79 Å². The van der Waals surface area contributed by atoms with Gasteiger partial charge in [0.1, 0.15) is 18.1 Å². The van der Waals surface area contributed by atoms with Gasteiger partial charge in [0.25, 0.3) is 0 Å². The number of carbonyl (C=O) groups excluding carboxylic acids is 3. The van der Waals surface area contributed by atoms with Crippen LogP contribution in [0.5, 0.6) is 0 Å². The summed E-state index contributed by atoms with van der Waals surface area (Å²) in [5.41, 5.74) is 17.0. The van der Waals surface area contributed by atoms with Gasteiger partial charge < -0.3 is 38.3 Å². The zero-order chi connectivity index (χ0) is 26.3. The molecule has 34 heavy (non-hydrogen) atoms. The first-order chi connectivity index (χ1) is 16.0. The summed E-state index contributed by atoms with van der Waals surface area (Å²) in [6, 6.07) is -3.70. The highest BCUT2D eigenvalue weighted by Crippen LogP contribution is 2.11. The van der Waals surface area contributed by atoms with E-state index >= 15 is 0 Å². The number of hydrogen-bond acceptors (Lipinski definition) is 7. The third kappa shape index (κ3) is 11.8. The van der Waals surface area contributed by atoms with E-state index < -0.39 is 47.9 Å². The lowest BCUT2D eigenvalue weighted by Gasteiger charge is -2.28. The summed E-state index contributed by atoms with van der Waals surface area (Å²) in [6.45, 7) is 8.07. The Morgan fingerprint density at radius 2 is 1.29 bits per heavy atom. The Morgan fingerprint density at radius 3 is 1.76 bits per heavy atom. The highest BCUT2D eigenvalue weighted by Gasteiger charge is 2.32. The maximum atomic E-state index is 13.1. The molecule has 10 N–H and O–H groups in total. The van der Waals surface area contributed by atoms with Gasteiger partial charge in [-0.05, 0) is 57.0 Å². The number of carbonyl (C=O) groups is 4. The van der Waals surface area contributed by atoms with Crippen LogP contribution >= 0.6 is 0 Å². The average Bonchev–Trinajstić information content (AvgIpc) is 2.78. The molecule has 0 aromatic heterocycles. The van der Waals surface area contributed by atoms with Crippen LogP contribution in [0.2, 0.25) is 0 Å². The number of carboxylic acids is 1. The lowest BCUT2D eigenvalue weighted by Crippen LogP contribution is -2.58. The van der Waals surface area contributed by atoms with E-state index in [4.69, 9.17) is 17.2 Å². The second-order valence-corrected chi connectivity index (χ2v) is 9.18. The molecule has 0 aromatic carbocycles. The van der Waals surface area contributed by atoms with Gasteiger partial charge in [-0.2, -0.15) is 0 Å². The number of aliphatic carboxylic acids is 1. The molecule has 0 bridgehead atoms. The minimum atomic E-state index is -1.13. The molecule has 0 saturated carbocycles. The number of carboxylic acid groups (broad SMARTS) is 1. The third-order valence-electron chi connectivity index (χ3n) is 5.91. The minimum Gasteiger partial charge on any atom is -0.480 e. The van der Waals surface area contributed by atoms with Crippen molar-refractivity contribution in [2.45, 2.75) is 96.8 Å². The molecule has 0 aliphatic carbocycles.